The summed E-state index contributed by atoms with van der Waals surface area (Å²) in [6, 6.07) is 6.48. The minimum atomic E-state index is 0.309. The lowest BCUT2D eigenvalue weighted by Crippen LogP contribution is -2.17. The number of halogens is 1. The molecule has 100 valence electrons. The molecule has 0 amide bonds. The molecule has 0 fully saturated rings. The summed E-state index contributed by atoms with van der Waals surface area (Å²) in [4.78, 5) is 0. The zero-order chi connectivity index (χ0) is 13.2. The van der Waals surface area contributed by atoms with Crippen molar-refractivity contribution in [1.29, 1.82) is 0 Å². The van der Waals surface area contributed by atoms with Crippen LogP contribution in [0, 0.1) is 0 Å². The monoisotopic (exact) mass is 339 g/mol. The number of ether oxygens (including phenoxy) is 2. The lowest BCUT2D eigenvalue weighted by atomic mass is 10.1. The van der Waals surface area contributed by atoms with E-state index < -0.39 is 0 Å². The van der Waals surface area contributed by atoms with Gasteiger partial charge in [0.15, 0.2) is 11.5 Å². The molecule has 0 aliphatic carbocycles. The number of fused-ring (bicyclic) bond motifs is 1. The van der Waals surface area contributed by atoms with E-state index >= 15 is 0 Å². The van der Waals surface area contributed by atoms with Crippen LogP contribution in [0.5, 0.6) is 11.5 Å². The fourth-order valence-corrected chi connectivity index (χ4v) is 3.21. The van der Waals surface area contributed by atoms with Crippen LogP contribution in [0.15, 0.2) is 33.4 Å². The molecular weight excluding hydrogens is 326 g/mol. The van der Waals surface area contributed by atoms with Gasteiger partial charge < -0.3 is 14.8 Å². The predicted octanol–water partition coefficient (Wildman–Crippen LogP) is 4.09. The van der Waals surface area contributed by atoms with Gasteiger partial charge in [0.2, 0.25) is 6.79 Å². The van der Waals surface area contributed by atoms with E-state index in [4.69, 9.17) is 9.47 Å². The normalized spacial score (nSPS) is 14.6. The summed E-state index contributed by atoms with van der Waals surface area (Å²) >= 11 is 5.30. The third-order valence-electron chi connectivity index (χ3n) is 3.18. The third kappa shape index (κ3) is 2.78. The lowest BCUT2D eigenvalue weighted by molar-refractivity contribution is 0.174. The lowest BCUT2D eigenvalue weighted by Gasteiger charge is -2.14. The highest BCUT2D eigenvalue weighted by Crippen LogP contribution is 2.37. The van der Waals surface area contributed by atoms with Crippen molar-refractivity contribution in [2.75, 3.05) is 6.79 Å². The number of rotatable bonds is 4. The van der Waals surface area contributed by atoms with Gasteiger partial charge in [0.05, 0.1) is 0 Å². The van der Waals surface area contributed by atoms with Crippen molar-refractivity contribution in [3.05, 3.63) is 44.6 Å². The molecule has 2 aromatic rings. The maximum atomic E-state index is 5.40. The highest BCUT2D eigenvalue weighted by atomic mass is 79.9. The van der Waals surface area contributed by atoms with Crippen molar-refractivity contribution in [3.63, 3.8) is 0 Å². The fraction of sp³-hybridized carbons (Fsp3) is 0.286. The molecular formula is C14H14BrNO2S. The maximum Gasteiger partial charge on any atom is 0.231 e. The number of hydrogen-bond donors (Lipinski definition) is 1. The number of hydrogen-bond acceptors (Lipinski definition) is 4. The Balaban J connectivity index is 1.70. The van der Waals surface area contributed by atoms with Gasteiger partial charge in [-0.2, -0.15) is 11.3 Å². The first-order chi connectivity index (χ1) is 9.24. The third-order valence-corrected chi connectivity index (χ3v) is 4.62. The topological polar surface area (TPSA) is 30.5 Å². The van der Waals surface area contributed by atoms with Crippen LogP contribution in [0.3, 0.4) is 0 Å². The predicted molar refractivity (Wildman–Crippen MR) is 79.8 cm³/mol. The molecule has 3 rings (SSSR count). The Hall–Kier alpha value is -1.04. The Morgan fingerprint density at radius 1 is 1.37 bits per heavy atom. The van der Waals surface area contributed by atoms with Crippen molar-refractivity contribution >= 4 is 27.3 Å². The summed E-state index contributed by atoms with van der Waals surface area (Å²) in [7, 11) is 0. The van der Waals surface area contributed by atoms with Gasteiger partial charge >= 0.3 is 0 Å². The molecule has 1 aromatic heterocycles. The Labute approximate surface area is 124 Å². The molecule has 0 bridgehead atoms. The summed E-state index contributed by atoms with van der Waals surface area (Å²) in [6.45, 7) is 3.27. The van der Waals surface area contributed by atoms with Gasteiger partial charge in [-0.1, -0.05) is 15.9 Å². The van der Waals surface area contributed by atoms with Gasteiger partial charge in [-0.15, -0.1) is 0 Å². The van der Waals surface area contributed by atoms with E-state index in [9.17, 15) is 0 Å². The number of thiophene rings is 1. The first kappa shape index (κ1) is 13.0. The fourth-order valence-electron chi connectivity index (χ4n) is 2.00. The van der Waals surface area contributed by atoms with E-state index in [1.807, 2.05) is 12.1 Å². The standard InChI is InChI=1S/C14H14BrNO2S/c1-9(10-2-3-19-7-10)16-6-11-4-13-14(5-12(11)15)18-8-17-13/h2-5,7,9,16H,6,8H2,1H3. The zero-order valence-electron chi connectivity index (χ0n) is 10.5. The van der Waals surface area contributed by atoms with Gasteiger partial charge in [-0.3, -0.25) is 0 Å². The Morgan fingerprint density at radius 3 is 2.89 bits per heavy atom. The molecule has 3 nitrogen and oxygen atoms in total. The second-order valence-electron chi connectivity index (χ2n) is 4.46. The maximum absolute atomic E-state index is 5.40. The molecule has 2 heterocycles. The minimum Gasteiger partial charge on any atom is -0.454 e. The average molecular weight is 340 g/mol. The highest BCUT2D eigenvalue weighted by molar-refractivity contribution is 9.10. The van der Waals surface area contributed by atoms with Crippen molar-refractivity contribution in [3.8, 4) is 11.5 Å². The Kier molecular flexibility index (Phi) is 3.77. The van der Waals surface area contributed by atoms with Gasteiger partial charge in [0, 0.05) is 17.1 Å². The van der Waals surface area contributed by atoms with Gasteiger partial charge in [-0.25, -0.2) is 0 Å². The molecule has 5 heteroatoms. The molecule has 0 radical (unpaired) electrons. The van der Waals surface area contributed by atoms with E-state index in [2.05, 4.69) is 45.0 Å². The smallest absolute Gasteiger partial charge is 0.231 e. The van der Waals surface area contributed by atoms with E-state index in [1.165, 1.54) is 11.1 Å². The molecule has 1 atom stereocenters. The first-order valence-corrected chi connectivity index (χ1v) is 7.81. The van der Waals surface area contributed by atoms with Crippen LogP contribution in [-0.4, -0.2) is 6.79 Å². The zero-order valence-corrected chi connectivity index (χ0v) is 12.9. The largest absolute Gasteiger partial charge is 0.454 e. The number of benzene rings is 1. The molecule has 0 saturated heterocycles. The summed E-state index contributed by atoms with van der Waals surface area (Å²) in [5, 5.41) is 7.79. The van der Waals surface area contributed by atoms with E-state index in [0.29, 0.717) is 12.8 Å². The van der Waals surface area contributed by atoms with Crippen LogP contribution in [0.4, 0.5) is 0 Å². The molecule has 1 aliphatic rings. The van der Waals surface area contributed by atoms with Crippen molar-refractivity contribution in [2.24, 2.45) is 0 Å². The minimum absolute atomic E-state index is 0.309. The first-order valence-electron chi connectivity index (χ1n) is 6.07. The molecule has 1 unspecified atom stereocenters. The second kappa shape index (κ2) is 5.53. The summed E-state index contributed by atoms with van der Waals surface area (Å²) in [5.74, 6) is 1.63. The van der Waals surface area contributed by atoms with Crippen molar-refractivity contribution < 1.29 is 9.47 Å². The Bertz CT molecular complexity index is 571. The van der Waals surface area contributed by atoms with Crippen molar-refractivity contribution in [2.45, 2.75) is 19.5 Å². The van der Waals surface area contributed by atoms with Crippen LogP contribution >= 0.6 is 27.3 Å². The van der Waals surface area contributed by atoms with Crippen LogP contribution in [0.25, 0.3) is 0 Å². The second-order valence-corrected chi connectivity index (χ2v) is 6.09. The highest BCUT2D eigenvalue weighted by Gasteiger charge is 2.16. The van der Waals surface area contributed by atoms with Gasteiger partial charge in [0.1, 0.15) is 0 Å². The summed E-state index contributed by atoms with van der Waals surface area (Å²) < 4.78 is 11.8. The van der Waals surface area contributed by atoms with E-state index in [0.717, 1.165) is 22.5 Å². The van der Waals surface area contributed by atoms with Crippen LogP contribution < -0.4 is 14.8 Å². The summed E-state index contributed by atoms with van der Waals surface area (Å²) in [5.41, 5.74) is 2.49. The van der Waals surface area contributed by atoms with E-state index in [1.54, 1.807) is 11.3 Å². The summed E-state index contributed by atoms with van der Waals surface area (Å²) in [6.07, 6.45) is 0. The number of nitrogens with one attached hydrogen (secondary N) is 1. The van der Waals surface area contributed by atoms with Crippen LogP contribution in [0.2, 0.25) is 0 Å². The van der Waals surface area contributed by atoms with Gasteiger partial charge in [0.25, 0.3) is 0 Å². The molecule has 0 saturated carbocycles. The molecule has 19 heavy (non-hydrogen) atoms. The average Bonchev–Trinajstić information content (AvgIpc) is 3.06. The molecule has 0 spiro atoms. The van der Waals surface area contributed by atoms with Crippen LogP contribution in [-0.2, 0) is 6.54 Å². The van der Waals surface area contributed by atoms with Crippen molar-refractivity contribution in [1.82, 2.24) is 5.32 Å². The Morgan fingerprint density at radius 2 is 2.16 bits per heavy atom. The SMILES string of the molecule is CC(NCc1cc2c(cc1Br)OCO2)c1ccsc1. The molecule has 1 aromatic carbocycles. The molecule has 1 aliphatic heterocycles. The van der Waals surface area contributed by atoms with Crippen LogP contribution in [0.1, 0.15) is 24.1 Å². The quantitative estimate of drug-likeness (QED) is 0.909. The van der Waals surface area contributed by atoms with E-state index in [-0.39, 0.29) is 0 Å². The van der Waals surface area contributed by atoms with Gasteiger partial charge in [-0.05, 0) is 47.0 Å². The molecule has 1 N–H and O–H groups in total.